The Morgan fingerprint density at radius 2 is 1.89 bits per heavy atom. The number of halogens is 2. The third-order valence-electron chi connectivity index (χ3n) is 4.81. The molecule has 28 heavy (non-hydrogen) atoms. The van der Waals surface area contributed by atoms with E-state index in [0.29, 0.717) is 17.1 Å². The number of hydrogen-bond donors (Lipinski definition) is 2. The van der Waals surface area contributed by atoms with Gasteiger partial charge < -0.3 is 10.6 Å². The summed E-state index contributed by atoms with van der Waals surface area (Å²) in [6.45, 7) is 3.86. The van der Waals surface area contributed by atoms with Gasteiger partial charge in [0.2, 0.25) is 5.91 Å². The molecule has 1 aliphatic rings. The molecule has 1 fully saturated rings. The number of anilines is 1. The molecular weight excluding hydrogens is 442 g/mol. The molecule has 2 aromatic carbocycles. The van der Waals surface area contributed by atoms with Gasteiger partial charge in [-0.05, 0) is 65.5 Å². The second-order valence-corrected chi connectivity index (χ2v) is 8.30. The molecule has 1 heterocycles. The Balaban J connectivity index is 1.45. The first-order valence-corrected chi connectivity index (χ1v) is 10.4. The van der Waals surface area contributed by atoms with Gasteiger partial charge in [-0.2, -0.15) is 0 Å². The number of aryl methyl sites for hydroxylation is 1. The van der Waals surface area contributed by atoms with Crippen molar-refractivity contribution in [2.45, 2.75) is 25.8 Å². The molecule has 2 amide bonds. The van der Waals surface area contributed by atoms with Crippen LogP contribution in [0.15, 0.2) is 46.9 Å². The number of amides is 2. The highest BCUT2D eigenvalue weighted by molar-refractivity contribution is 9.10. The van der Waals surface area contributed by atoms with Crippen LogP contribution in [-0.4, -0.2) is 42.4 Å². The van der Waals surface area contributed by atoms with E-state index in [-0.39, 0.29) is 17.9 Å². The van der Waals surface area contributed by atoms with Crippen LogP contribution in [-0.2, 0) is 4.79 Å². The van der Waals surface area contributed by atoms with Gasteiger partial charge in [0.05, 0.1) is 22.8 Å². The number of carbonyl (C=O) groups is 2. The molecule has 0 unspecified atom stereocenters. The molecule has 0 atom stereocenters. The van der Waals surface area contributed by atoms with E-state index in [9.17, 15) is 9.59 Å². The van der Waals surface area contributed by atoms with Crippen LogP contribution in [0.5, 0.6) is 0 Å². The topological polar surface area (TPSA) is 61.4 Å². The lowest BCUT2D eigenvalue weighted by atomic mass is 10.0. The molecule has 0 spiro atoms. The fourth-order valence-electron chi connectivity index (χ4n) is 3.26. The third-order valence-corrected chi connectivity index (χ3v) is 5.79. The average molecular weight is 465 g/mol. The summed E-state index contributed by atoms with van der Waals surface area (Å²) in [7, 11) is 0. The Hall–Kier alpha value is -1.89. The zero-order chi connectivity index (χ0) is 20.1. The standard InChI is InChI=1S/C21H23BrClN3O2/c1-14-6-7-19(17(22)12-14)25-20(27)13-26-10-8-15(9-11-26)24-21(28)16-4-2-3-5-18(16)23/h2-7,12,15H,8-11,13H2,1H3,(H,24,28)(H,25,27). The first-order valence-electron chi connectivity index (χ1n) is 9.26. The minimum absolute atomic E-state index is 0.0388. The largest absolute Gasteiger partial charge is 0.349 e. The monoisotopic (exact) mass is 463 g/mol. The maximum Gasteiger partial charge on any atom is 0.253 e. The van der Waals surface area contributed by atoms with Gasteiger partial charge >= 0.3 is 0 Å². The van der Waals surface area contributed by atoms with Crippen molar-refractivity contribution in [1.82, 2.24) is 10.2 Å². The van der Waals surface area contributed by atoms with Crippen molar-refractivity contribution in [2.75, 3.05) is 25.0 Å². The zero-order valence-electron chi connectivity index (χ0n) is 15.7. The van der Waals surface area contributed by atoms with Crippen molar-refractivity contribution in [3.63, 3.8) is 0 Å². The molecule has 148 valence electrons. The van der Waals surface area contributed by atoms with Crippen LogP contribution in [0, 0.1) is 6.92 Å². The molecule has 2 N–H and O–H groups in total. The SMILES string of the molecule is Cc1ccc(NC(=O)CN2CCC(NC(=O)c3ccccc3Cl)CC2)c(Br)c1. The van der Waals surface area contributed by atoms with E-state index in [1.807, 2.05) is 25.1 Å². The quantitative estimate of drug-likeness (QED) is 0.696. The van der Waals surface area contributed by atoms with Crippen LogP contribution in [0.25, 0.3) is 0 Å². The van der Waals surface area contributed by atoms with Crippen molar-refractivity contribution in [3.05, 3.63) is 63.1 Å². The van der Waals surface area contributed by atoms with E-state index in [4.69, 9.17) is 11.6 Å². The van der Waals surface area contributed by atoms with E-state index in [1.54, 1.807) is 24.3 Å². The van der Waals surface area contributed by atoms with Crippen LogP contribution in [0.3, 0.4) is 0 Å². The molecule has 0 aromatic heterocycles. The number of carbonyl (C=O) groups excluding carboxylic acids is 2. The maximum absolute atomic E-state index is 12.4. The number of nitrogens with one attached hydrogen (secondary N) is 2. The highest BCUT2D eigenvalue weighted by Gasteiger charge is 2.23. The predicted octanol–water partition coefficient (Wildman–Crippen LogP) is 4.24. The van der Waals surface area contributed by atoms with Gasteiger partial charge in [0, 0.05) is 23.6 Å². The number of likely N-dealkylation sites (tertiary alicyclic amines) is 1. The first kappa shape index (κ1) is 20.8. The molecule has 0 radical (unpaired) electrons. The van der Waals surface area contributed by atoms with Crippen LogP contribution in [0.1, 0.15) is 28.8 Å². The highest BCUT2D eigenvalue weighted by Crippen LogP contribution is 2.23. The second kappa shape index (κ2) is 9.54. The number of rotatable bonds is 5. The van der Waals surface area contributed by atoms with Crippen LogP contribution >= 0.6 is 27.5 Å². The van der Waals surface area contributed by atoms with Crippen LogP contribution < -0.4 is 10.6 Å². The summed E-state index contributed by atoms with van der Waals surface area (Å²) < 4.78 is 0.877. The number of hydrogen-bond acceptors (Lipinski definition) is 3. The smallest absolute Gasteiger partial charge is 0.253 e. The van der Waals surface area contributed by atoms with Crippen molar-refractivity contribution < 1.29 is 9.59 Å². The molecule has 1 saturated heterocycles. The summed E-state index contributed by atoms with van der Waals surface area (Å²) in [5.74, 6) is -0.186. The Morgan fingerprint density at radius 3 is 2.57 bits per heavy atom. The predicted molar refractivity (Wildman–Crippen MR) is 116 cm³/mol. The Morgan fingerprint density at radius 1 is 1.18 bits per heavy atom. The summed E-state index contributed by atoms with van der Waals surface area (Å²) in [6.07, 6.45) is 1.61. The molecule has 2 aromatic rings. The minimum Gasteiger partial charge on any atom is -0.349 e. The summed E-state index contributed by atoms with van der Waals surface area (Å²) >= 11 is 9.56. The summed E-state index contributed by atoms with van der Waals surface area (Å²) in [5, 5.41) is 6.44. The summed E-state index contributed by atoms with van der Waals surface area (Å²) in [5.41, 5.74) is 2.40. The molecule has 7 heteroatoms. The van der Waals surface area contributed by atoms with Crippen molar-refractivity contribution in [3.8, 4) is 0 Å². The lowest BCUT2D eigenvalue weighted by Crippen LogP contribution is -2.46. The molecular formula is C21H23BrClN3O2. The highest BCUT2D eigenvalue weighted by atomic mass is 79.9. The van der Waals surface area contributed by atoms with E-state index in [2.05, 4.69) is 31.5 Å². The van der Waals surface area contributed by atoms with Gasteiger partial charge in [-0.25, -0.2) is 0 Å². The van der Waals surface area contributed by atoms with Gasteiger partial charge in [0.1, 0.15) is 0 Å². The van der Waals surface area contributed by atoms with Gasteiger partial charge in [0.25, 0.3) is 5.91 Å². The molecule has 1 aliphatic heterocycles. The molecule has 0 saturated carbocycles. The lowest BCUT2D eigenvalue weighted by molar-refractivity contribution is -0.117. The Labute approximate surface area is 178 Å². The van der Waals surface area contributed by atoms with Gasteiger partial charge in [-0.15, -0.1) is 0 Å². The summed E-state index contributed by atoms with van der Waals surface area (Å²) in [4.78, 5) is 26.8. The van der Waals surface area contributed by atoms with Crippen molar-refractivity contribution in [2.24, 2.45) is 0 Å². The van der Waals surface area contributed by atoms with Gasteiger partial charge in [0.15, 0.2) is 0 Å². The Kier molecular flexibility index (Phi) is 7.10. The number of nitrogens with zero attached hydrogens (tertiary/aromatic N) is 1. The Bertz CT molecular complexity index is 866. The summed E-state index contributed by atoms with van der Waals surface area (Å²) in [6, 6.07) is 13.0. The van der Waals surface area contributed by atoms with Crippen molar-refractivity contribution in [1.29, 1.82) is 0 Å². The number of piperidine rings is 1. The number of benzene rings is 2. The molecule has 3 rings (SSSR count). The first-order chi connectivity index (χ1) is 13.4. The van der Waals surface area contributed by atoms with Gasteiger partial charge in [-0.3, -0.25) is 14.5 Å². The zero-order valence-corrected chi connectivity index (χ0v) is 18.0. The normalized spacial score (nSPS) is 15.2. The van der Waals surface area contributed by atoms with Crippen LogP contribution in [0.2, 0.25) is 5.02 Å². The third kappa shape index (κ3) is 5.56. The van der Waals surface area contributed by atoms with E-state index in [1.165, 1.54) is 0 Å². The van der Waals surface area contributed by atoms with E-state index < -0.39 is 0 Å². The molecule has 0 bridgehead atoms. The lowest BCUT2D eigenvalue weighted by Gasteiger charge is -2.32. The van der Waals surface area contributed by atoms with Gasteiger partial charge in [-0.1, -0.05) is 29.8 Å². The fourth-order valence-corrected chi connectivity index (χ4v) is 4.07. The second-order valence-electron chi connectivity index (χ2n) is 7.04. The average Bonchev–Trinajstić information content (AvgIpc) is 2.66. The van der Waals surface area contributed by atoms with E-state index >= 15 is 0 Å². The maximum atomic E-state index is 12.4. The molecule has 0 aliphatic carbocycles. The fraction of sp³-hybridized carbons (Fsp3) is 0.333. The van der Waals surface area contributed by atoms with Crippen LogP contribution in [0.4, 0.5) is 5.69 Å². The minimum atomic E-state index is -0.147. The molecule has 5 nitrogen and oxygen atoms in total. The van der Waals surface area contributed by atoms with Crippen molar-refractivity contribution >= 4 is 45.0 Å². The van der Waals surface area contributed by atoms with E-state index in [0.717, 1.165) is 41.7 Å².